The van der Waals surface area contributed by atoms with Crippen LogP contribution in [0, 0.1) is 0 Å². The lowest BCUT2D eigenvalue weighted by atomic mass is 10.2. The summed E-state index contributed by atoms with van der Waals surface area (Å²) in [5.41, 5.74) is 6.59. The molecule has 96 valence electrons. The fourth-order valence-corrected chi connectivity index (χ4v) is 1.51. The van der Waals surface area contributed by atoms with Gasteiger partial charge in [0.2, 0.25) is 0 Å². The summed E-state index contributed by atoms with van der Waals surface area (Å²) in [5, 5.41) is 14.2. The lowest BCUT2D eigenvalue weighted by Gasteiger charge is -2.19. The van der Waals surface area contributed by atoms with Crippen LogP contribution in [0.25, 0.3) is 0 Å². The Kier molecular flexibility index (Phi) is 3.33. The second kappa shape index (κ2) is 4.92. The molecule has 2 rings (SSSR count). The van der Waals surface area contributed by atoms with Gasteiger partial charge in [0.25, 0.3) is 5.91 Å². The molecule has 0 saturated heterocycles. The number of hydrogen-bond donors (Lipinski definition) is 4. The van der Waals surface area contributed by atoms with E-state index < -0.39 is 12.0 Å². The lowest BCUT2D eigenvalue weighted by molar-refractivity contribution is -0.138. The first-order chi connectivity index (χ1) is 8.56. The van der Waals surface area contributed by atoms with E-state index in [0.717, 1.165) is 0 Å². The zero-order chi connectivity index (χ0) is 13.1. The summed E-state index contributed by atoms with van der Waals surface area (Å²) in [7, 11) is 0. The number of hydrogen-bond acceptors (Lipinski definition) is 5. The monoisotopic (exact) mass is 251 g/mol. The highest BCUT2D eigenvalue weighted by Gasteiger charge is 2.16. The van der Waals surface area contributed by atoms with E-state index in [-0.39, 0.29) is 19.1 Å². The zero-order valence-corrected chi connectivity index (χ0v) is 9.47. The average molecular weight is 251 g/mol. The van der Waals surface area contributed by atoms with Gasteiger partial charge in [-0.05, 0) is 18.2 Å². The minimum Gasteiger partial charge on any atom is -0.482 e. The zero-order valence-electron chi connectivity index (χ0n) is 9.47. The highest BCUT2D eigenvalue weighted by atomic mass is 16.5. The van der Waals surface area contributed by atoms with Crippen LogP contribution in [0.4, 0.5) is 11.4 Å². The van der Waals surface area contributed by atoms with Crippen molar-refractivity contribution in [1.82, 2.24) is 0 Å². The summed E-state index contributed by atoms with van der Waals surface area (Å²) >= 11 is 0. The predicted molar refractivity (Wildman–Crippen MR) is 64.7 cm³/mol. The Bertz CT molecular complexity index is 489. The molecular formula is C11H13N3O4. The maximum Gasteiger partial charge on any atom is 0.322 e. The fourth-order valence-electron chi connectivity index (χ4n) is 1.51. The molecule has 0 aromatic heterocycles. The molecule has 7 nitrogen and oxygen atoms in total. The van der Waals surface area contributed by atoms with Crippen molar-refractivity contribution < 1.29 is 19.4 Å². The van der Waals surface area contributed by atoms with Gasteiger partial charge in [-0.25, -0.2) is 0 Å². The molecule has 0 radical (unpaired) electrons. The van der Waals surface area contributed by atoms with Crippen molar-refractivity contribution in [2.24, 2.45) is 5.73 Å². The van der Waals surface area contributed by atoms with Crippen molar-refractivity contribution in [3.8, 4) is 5.75 Å². The number of amides is 1. The van der Waals surface area contributed by atoms with Gasteiger partial charge in [0.1, 0.15) is 11.8 Å². The van der Waals surface area contributed by atoms with Gasteiger partial charge in [0.15, 0.2) is 6.61 Å². The Morgan fingerprint density at radius 1 is 1.61 bits per heavy atom. The van der Waals surface area contributed by atoms with Gasteiger partial charge in [-0.15, -0.1) is 0 Å². The number of benzene rings is 1. The van der Waals surface area contributed by atoms with E-state index in [0.29, 0.717) is 17.1 Å². The van der Waals surface area contributed by atoms with E-state index in [4.69, 9.17) is 15.6 Å². The third kappa shape index (κ3) is 2.69. The van der Waals surface area contributed by atoms with Crippen LogP contribution in [-0.2, 0) is 9.59 Å². The van der Waals surface area contributed by atoms with E-state index in [9.17, 15) is 9.59 Å². The van der Waals surface area contributed by atoms with Crippen molar-refractivity contribution >= 4 is 23.3 Å². The van der Waals surface area contributed by atoms with E-state index >= 15 is 0 Å². The highest BCUT2D eigenvalue weighted by Crippen LogP contribution is 2.30. The van der Waals surface area contributed by atoms with Crippen LogP contribution in [0.2, 0.25) is 0 Å². The van der Waals surface area contributed by atoms with Crippen molar-refractivity contribution in [2.45, 2.75) is 6.04 Å². The molecular weight excluding hydrogens is 238 g/mol. The summed E-state index contributed by atoms with van der Waals surface area (Å²) in [6.45, 7) is 0.104. The Morgan fingerprint density at radius 3 is 3.11 bits per heavy atom. The van der Waals surface area contributed by atoms with Crippen molar-refractivity contribution in [2.75, 3.05) is 23.8 Å². The number of nitrogens with two attached hydrogens (primary N) is 1. The number of nitrogens with one attached hydrogen (secondary N) is 2. The first-order valence-corrected chi connectivity index (χ1v) is 5.35. The van der Waals surface area contributed by atoms with Gasteiger partial charge in [0, 0.05) is 12.2 Å². The van der Waals surface area contributed by atoms with Crippen LogP contribution in [0.1, 0.15) is 0 Å². The van der Waals surface area contributed by atoms with Gasteiger partial charge < -0.3 is 26.2 Å². The van der Waals surface area contributed by atoms with Crippen LogP contribution in [0.3, 0.4) is 0 Å². The number of aliphatic carboxylic acids is 1. The number of anilines is 2. The largest absolute Gasteiger partial charge is 0.482 e. The maximum absolute atomic E-state index is 11.1. The molecule has 1 aromatic rings. The van der Waals surface area contributed by atoms with Crippen LogP contribution in [-0.4, -0.2) is 36.2 Å². The minimum absolute atomic E-state index is 0.00363. The predicted octanol–water partition coefficient (Wildman–Crippen LogP) is -0.159. The molecule has 1 atom stereocenters. The lowest BCUT2D eigenvalue weighted by Crippen LogP contribution is -2.37. The summed E-state index contributed by atoms with van der Waals surface area (Å²) in [6, 6.07) is 4.11. The normalized spacial score (nSPS) is 15.1. The molecule has 0 fully saturated rings. The SMILES string of the molecule is NC(CNc1ccc2c(c1)NC(=O)CO2)C(=O)O. The molecule has 7 heteroatoms. The first-order valence-electron chi connectivity index (χ1n) is 5.35. The molecule has 1 heterocycles. The number of rotatable bonds is 4. The van der Waals surface area contributed by atoms with Crippen LogP contribution >= 0.6 is 0 Å². The Labute approximate surface area is 103 Å². The van der Waals surface area contributed by atoms with Crippen molar-refractivity contribution in [3.05, 3.63) is 18.2 Å². The number of carbonyl (C=O) groups is 2. The van der Waals surface area contributed by atoms with E-state index in [2.05, 4.69) is 10.6 Å². The Morgan fingerprint density at radius 2 is 2.39 bits per heavy atom. The number of fused-ring (bicyclic) bond motifs is 1. The third-order valence-electron chi connectivity index (χ3n) is 2.46. The number of carbonyl (C=O) groups excluding carboxylic acids is 1. The van der Waals surface area contributed by atoms with Gasteiger partial charge in [0.05, 0.1) is 5.69 Å². The van der Waals surface area contributed by atoms with Crippen molar-refractivity contribution in [3.63, 3.8) is 0 Å². The number of ether oxygens (including phenoxy) is 1. The maximum atomic E-state index is 11.1. The van der Waals surface area contributed by atoms with Gasteiger partial charge >= 0.3 is 5.97 Å². The van der Waals surface area contributed by atoms with Gasteiger partial charge in [-0.2, -0.15) is 0 Å². The van der Waals surface area contributed by atoms with E-state index in [1.807, 2.05) is 0 Å². The number of carboxylic acids is 1. The minimum atomic E-state index is -1.07. The summed E-state index contributed by atoms with van der Waals surface area (Å²) in [5.74, 6) is -0.707. The van der Waals surface area contributed by atoms with E-state index in [1.54, 1.807) is 18.2 Å². The summed E-state index contributed by atoms with van der Waals surface area (Å²) < 4.78 is 5.20. The Hall–Kier alpha value is -2.28. The smallest absolute Gasteiger partial charge is 0.322 e. The molecule has 0 bridgehead atoms. The van der Waals surface area contributed by atoms with Gasteiger partial charge in [-0.1, -0.05) is 0 Å². The fraction of sp³-hybridized carbons (Fsp3) is 0.273. The molecule has 18 heavy (non-hydrogen) atoms. The molecule has 0 aliphatic carbocycles. The molecule has 1 aromatic carbocycles. The molecule has 1 amide bonds. The Balaban J connectivity index is 2.04. The second-order valence-corrected chi connectivity index (χ2v) is 3.87. The summed E-state index contributed by atoms with van der Waals surface area (Å²) in [4.78, 5) is 21.7. The topological polar surface area (TPSA) is 114 Å². The standard InChI is InChI=1S/C11H13N3O4/c12-7(11(16)17)4-13-6-1-2-9-8(3-6)14-10(15)5-18-9/h1-3,7,13H,4-5,12H2,(H,14,15)(H,16,17). The number of carboxylic acid groups (broad SMARTS) is 1. The first kappa shape index (κ1) is 12.2. The third-order valence-corrected chi connectivity index (χ3v) is 2.46. The average Bonchev–Trinajstić information content (AvgIpc) is 2.35. The molecule has 1 aliphatic heterocycles. The molecule has 1 unspecified atom stereocenters. The molecule has 0 saturated carbocycles. The summed E-state index contributed by atoms with van der Waals surface area (Å²) in [6.07, 6.45) is 0. The quantitative estimate of drug-likeness (QED) is 0.591. The molecule has 1 aliphatic rings. The molecule has 0 spiro atoms. The molecule has 5 N–H and O–H groups in total. The van der Waals surface area contributed by atoms with Crippen LogP contribution < -0.4 is 21.1 Å². The van der Waals surface area contributed by atoms with Crippen LogP contribution in [0.5, 0.6) is 5.75 Å². The van der Waals surface area contributed by atoms with Gasteiger partial charge in [-0.3, -0.25) is 9.59 Å². The second-order valence-electron chi connectivity index (χ2n) is 3.87. The van der Waals surface area contributed by atoms with Crippen molar-refractivity contribution in [1.29, 1.82) is 0 Å². The highest BCUT2D eigenvalue weighted by molar-refractivity contribution is 5.96. The van der Waals surface area contributed by atoms with E-state index in [1.165, 1.54) is 0 Å². The van der Waals surface area contributed by atoms with Crippen LogP contribution in [0.15, 0.2) is 18.2 Å².